The Hall–Kier alpha value is -3.02. The Morgan fingerprint density at radius 1 is 1.15 bits per heavy atom. The van der Waals surface area contributed by atoms with E-state index in [0.29, 0.717) is 23.0 Å². The van der Waals surface area contributed by atoms with Crippen molar-refractivity contribution >= 4 is 17.4 Å². The van der Waals surface area contributed by atoms with Gasteiger partial charge in [-0.15, -0.1) is 0 Å². The molecule has 1 aromatic heterocycles. The molecular weight excluding hydrogens is 346 g/mol. The molecule has 6 heteroatoms. The van der Waals surface area contributed by atoms with Gasteiger partial charge in [0.05, 0.1) is 12.7 Å². The number of ether oxygens (including phenoxy) is 1. The summed E-state index contributed by atoms with van der Waals surface area (Å²) in [6, 6.07) is 9.50. The molecule has 0 bridgehead atoms. The van der Waals surface area contributed by atoms with Crippen LogP contribution < -0.4 is 9.64 Å². The van der Waals surface area contributed by atoms with E-state index in [0.717, 1.165) is 0 Å². The number of furan rings is 1. The fourth-order valence-corrected chi connectivity index (χ4v) is 3.12. The molecule has 142 valence electrons. The molecule has 1 atom stereocenters. The van der Waals surface area contributed by atoms with Crippen LogP contribution in [0.2, 0.25) is 0 Å². The summed E-state index contributed by atoms with van der Waals surface area (Å²) in [5, 5.41) is 10.6. The van der Waals surface area contributed by atoms with Crippen molar-refractivity contribution in [2.75, 3.05) is 12.0 Å². The monoisotopic (exact) mass is 369 g/mol. The molecule has 0 radical (unpaired) electrons. The second-order valence-corrected chi connectivity index (χ2v) is 7.57. The summed E-state index contributed by atoms with van der Waals surface area (Å²) in [7, 11) is 1.55. The highest BCUT2D eigenvalue weighted by Crippen LogP contribution is 2.43. The molecule has 2 heterocycles. The van der Waals surface area contributed by atoms with E-state index in [2.05, 4.69) is 0 Å². The Kier molecular flexibility index (Phi) is 4.59. The number of carbonyl (C=O) groups is 2. The van der Waals surface area contributed by atoms with E-state index in [1.54, 1.807) is 71.2 Å². The summed E-state index contributed by atoms with van der Waals surface area (Å²) in [5.74, 6) is 0.244. The molecule has 1 aliphatic heterocycles. The van der Waals surface area contributed by atoms with Gasteiger partial charge in [0.1, 0.15) is 23.3 Å². The fraction of sp³-hybridized carbons (Fsp3) is 0.333. The quantitative estimate of drug-likeness (QED) is 0.877. The molecule has 0 fully saturated rings. The number of hydrogen-bond acceptors (Lipinski definition) is 5. The molecule has 0 saturated heterocycles. The van der Waals surface area contributed by atoms with Crippen LogP contribution >= 0.6 is 0 Å². The lowest BCUT2D eigenvalue weighted by Gasteiger charge is -2.27. The summed E-state index contributed by atoms with van der Waals surface area (Å²) in [6.07, 6.45) is 0. The molecule has 0 spiro atoms. The van der Waals surface area contributed by atoms with E-state index in [9.17, 15) is 14.7 Å². The van der Waals surface area contributed by atoms with Crippen LogP contribution in [-0.4, -0.2) is 23.9 Å². The summed E-state index contributed by atoms with van der Waals surface area (Å²) in [6.45, 7) is 7.04. The number of carbonyl (C=O) groups excluding carboxylic acids is 2. The SMILES string of the molecule is COc1ccc(N2C(=O)C(O)=C(C(=O)C(C)(C)C)C2c2ccc(C)o2)cc1. The predicted molar refractivity (Wildman–Crippen MR) is 101 cm³/mol. The lowest BCUT2D eigenvalue weighted by Crippen LogP contribution is -2.32. The first-order valence-corrected chi connectivity index (χ1v) is 8.67. The number of hydrogen-bond donors (Lipinski definition) is 1. The van der Waals surface area contributed by atoms with Gasteiger partial charge in [0.15, 0.2) is 11.5 Å². The Morgan fingerprint density at radius 3 is 2.26 bits per heavy atom. The number of aryl methyl sites for hydroxylation is 1. The van der Waals surface area contributed by atoms with Crippen LogP contribution in [0.25, 0.3) is 0 Å². The first-order valence-electron chi connectivity index (χ1n) is 8.67. The highest BCUT2D eigenvalue weighted by molar-refractivity contribution is 6.17. The minimum atomic E-state index is -0.827. The molecule has 1 aromatic carbocycles. The zero-order valence-electron chi connectivity index (χ0n) is 16.1. The maximum atomic E-state index is 13.0. The van der Waals surface area contributed by atoms with E-state index in [1.165, 1.54) is 4.90 Å². The van der Waals surface area contributed by atoms with Crippen molar-refractivity contribution in [3.05, 3.63) is 59.3 Å². The molecule has 6 nitrogen and oxygen atoms in total. The highest BCUT2D eigenvalue weighted by Gasteiger charge is 2.48. The molecule has 1 unspecified atom stereocenters. The van der Waals surface area contributed by atoms with Gasteiger partial charge in [-0.05, 0) is 43.3 Å². The molecule has 3 rings (SSSR count). The third kappa shape index (κ3) is 3.23. The Morgan fingerprint density at radius 2 is 1.78 bits per heavy atom. The molecule has 1 N–H and O–H groups in total. The van der Waals surface area contributed by atoms with Gasteiger partial charge in [0.25, 0.3) is 5.91 Å². The molecule has 2 aromatic rings. The van der Waals surface area contributed by atoms with E-state index >= 15 is 0 Å². The smallest absolute Gasteiger partial charge is 0.294 e. The lowest BCUT2D eigenvalue weighted by atomic mass is 9.83. The maximum Gasteiger partial charge on any atom is 0.294 e. The van der Waals surface area contributed by atoms with E-state index in [-0.39, 0.29) is 11.4 Å². The van der Waals surface area contributed by atoms with E-state index < -0.39 is 23.1 Å². The van der Waals surface area contributed by atoms with Crippen molar-refractivity contribution in [1.82, 2.24) is 0 Å². The van der Waals surface area contributed by atoms with Gasteiger partial charge in [-0.3, -0.25) is 14.5 Å². The van der Waals surface area contributed by atoms with Crippen LogP contribution in [0.1, 0.15) is 38.3 Å². The highest BCUT2D eigenvalue weighted by atomic mass is 16.5. The van der Waals surface area contributed by atoms with Crippen molar-refractivity contribution in [2.24, 2.45) is 5.41 Å². The maximum absolute atomic E-state index is 13.0. The number of rotatable bonds is 4. The number of aliphatic hydroxyl groups excluding tert-OH is 1. The second kappa shape index (κ2) is 6.61. The summed E-state index contributed by atoms with van der Waals surface area (Å²) in [4.78, 5) is 27.3. The van der Waals surface area contributed by atoms with Crippen LogP contribution in [0.15, 0.2) is 52.1 Å². The second-order valence-electron chi connectivity index (χ2n) is 7.57. The fourth-order valence-electron chi connectivity index (χ4n) is 3.12. The van der Waals surface area contributed by atoms with Gasteiger partial charge in [-0.1, -0.05) is 20.8 Å². The first kappa shape index (κ1) is 18.8. The number of Topliss-reactive ketones (excluding diaryl/α,β-unsaturated/α-hetero) is 1. The number of methoxy groups -OCH3 is 1. The van der Waals surface area contributed by atoms with E-state index in [1.807, 2.05) is 0 Å². The average Bonchev–Trinajstić information content (AvgIpc) is 3.15. The minimum absolute atomic E-state index is 0.0534. The van der Waals surface area contributed by atoms with Crippen molar-refractivity contribution in [2.45, 2.75) is 33.7 Å². The van der Waals surface area contributed by atoms with Crippen LogP contribution in [0, 0.1) is 12.3 Å². The number of aliphatic hydroxyl groups is 1. The summed E-state index contributed by atoms with van der Waals surface area (Å²) in [5.41, 5.74) is -0.180. The normalized spacial score (nSPS) is 17.6. The molecule has 0 aliphatic carbocycles. The lowest BCUT2D eigenvalue weighted by molar-refractivity contribution is -0.123. The minimum Gasteiger partial charge on any atom is -0.503 e. The number of benzene rings is 1. The van der Waals surface area contributed by atoms with Crippen molar-refractivity contribution in [3.8, 4) is 5.75 Å². The largest absolute Gasteiger partial charge is 0.503 e. The van der Waals surface area contributed by atoms with Crippen molar-refractivity contribution in [1.29, 1.82) is 0 Å². The average molecular weight is 369 g/mol. The van der Waals surface area contributed by atoms with Crippen molar-refractivity contribution < 1.29 is 23.8 Å². The van der Waals surface area contributed by atoms with Crippen LogP contribution in [0.4, 0.5) is 5.69 Å². The molecule has 1 aliphatic rings. The van der Waals surface area contributed by atoms with Crippen LogP contribution in [0.3, 0.4) is 0 Å². The standard InChI is InChI=1S/C21H23NO5/c1-12-6-11-15(27-12)17-16(19(24)21(2,3)4)18(23)20(25)22(17)13-7-9-14(26-5)10-8-13/h6-11,17,23H,1-5H3. The van der Waals surface area contributed by atoms with Crippen LogP contribution in [0.5, 0.6) is 5.75 Å². The summed E-state index contributed by atoms with van der Waals surface area (Å²) >= 11 is 0. The molecule has 0 saturated carbocycles. The summed E-state index contributed by atoms with van der Waals surface area (Å²) < 4.78 is 10.9. The number of amides is 1. The molecule has 1 amide bonds. The Balaban J connectivity index is 2.15. The third-order valence-electron chi connectivity index (χ3n) is 4.52. The predicted octanol–water partition coefficient (Wildman–Crippen LogP) is 4.11. The Labute approximate surface area is 158 Å². The van der Waals surface area contributed by atoms with Crippen molar-refractivity contribution in [3.63, 3.8) is 0 Å². The zero-order valence-corrected chi connectivity index (χ0v) is 16.1. The molecular formula is C21H23NO5. The van der Waals surface area contributed by atoms with Gasteiger partial charge in [-0.25, -0.2) is 0 Å². The van der Waals surface area contributed by atoms with Gasteiger partial charge >= 0.3 is 0 Å². The number of ketones is 1. The topological polar surface area (TPSA) is 80.0 Å². The van der Waals surface area contributed by atoms with Gasteiger partial charge < -0.3 is 14.3 Å². The van der Waals surface area contributed by atoms with Gasteiger partial charge in [0.2, 0.25) is 0 Å². The third-order valence-corrected chi connectivity index (χ3v) is 4.52. The first-order chi connectivity index (χ1) is 12.6. The van der Waals surface area contributed by atoms with Crippen LogP contribution in [-0.2, 0) is 9.59 Å². The number of anilines is 1. The number of nitrogens with zero attached hydrogens (tertiary/aromatic N) is 1. The van der Waals surface area contributed by atoms with E-state index in [4.69, 9.17) is 9.15 Å². The Bertz CT molecular complexity index is 915. The zero-order chi connectivity index (χ0) is 19.9. The van der Waals surface area contributed by atoms with Gasteiger partial charge in [-0.2, -0.15) is 0 Å². The molecule has 27 heavy (non-hydrogen) atoms. The van der Waals surface area contributed by atoms with Gasteiger partial charge in [0, 0.05) is 11.1 Å².